The van der Waals surface area contributed by atoms with Crippen molar-refractivity contribution in [2.75, 3.05) is 40.5 Å². The van der Waals surface area contributed by atoms with Gasteiger partial charge in [-0.15, -0.1) is 0 Å². The van der Waals surface area contributed by atoms with Crippen LogP contribution in [-0.2, 0) is 24.5 Å². The van der Waals surface area contributed by atoms with E-state index in [0.717, 1.165) is 4.31 Å². The molecule has 0 fully saturated rings. The molecule has 0 amide bonds. The average molecular weight is 312 g/mol. The van der Waals surface area contributed by atoms with E-state index in [-0.39, 0.29) is 32.2 Å². The van der Waals surface area contributed by atoms with Gasteiger partial charge in [-0.3, -0.25) is 4.79 Å². The molecule has 8 nitrogen and oxygen atoms in total. The fourth-order valence-electron chi connectivity index (χ4n) is 1.45. The van der Waals surface area contributed by atoms with Crippen molar-refractivity contribution < 1.29 is 27.8 Å². The molecule has 1 atom stereocenters. The van der Waals surface area contributed by atoms with Crippen LogP contribution < -0.4 is 4.72 Å². The number of rotatable bonds is 11. The van der Waals surface area contributed by atoms with E-state index in [0.29, 0.717) is 0 Å². The Morgan fingerprint density at radius 1 is 1.20 bits per heavy atom. The first-order chi connectivity index (χ1) is 9.26. The lowest BCUT2D eigenvalue weighted by Gasteiger charge is -2.25. The van der Waals surface area contributed by atoms with Crippen molar-refractivity contribution in [2.24, 2.45) is 5.92 Å². The van der Waals surface area contributed by atoms with E-state index in [1.807, 2.05) is 0 Å². The fourth-order valence-corrected chi connectivity index (χ4v) is 2.92. The van der Waals surface area contributed by atoms with Crippen LogP contribution in [0.15, 0.2) is 0 Å². The highest BCUT2D eigenvalue weighted by molar-refractivity contribution is 7.87. The fraction of sp³-hybridized carbons (Fsp3) is 0.909. The highest BCUT2D eigenvalue weighted by Gasteiger charge is 2.30. The van der Waals surface area contributed by atoms with Crippen molar-refractivity contribution in [3.8, 4) is 0 Å². The Balaban J connectivity index is 4.94. The molecule has 0 bridgehead atoms. The first kappa shape index (κ1) is 19.3. The second kappa shape index (κ2) is 9.24. The summed E-state index contributed by atoms with van der Waals surface area (Å²) in [7, 11) is -0.992. The highest BCUT2D eigenvalue weighted by Crippen LogP contribution is 2.07. The molecule has 2 N–H and O–H groups in total. The molecule has 0 rings (SSSR count). The first-order valence-electron chi connectivity index (χ1n) is 6.24. The molecule has 9 heteroatoms. The van der Waals surface area contributed by atoms with Crippen LogP contribution in [0.1, 0.15) is 13.8 Å². The van der Waals surface area contributed by atoms with Gasteiger partial charge in [0.2, 0.25) is 0 Å². The Hall–Kier alpha value is -0.740. The maximum Gasteiger partial charge on any atom is 0.322 e. The molecule has 20 heavy (non-hydrogen) atoms. The van der Waals surface area contributed by atoms with Crippen molar-refractivity contribution in [2.45, 2.75) is 19.9 Å². The monoisotopic (exact) mass is 312 g/mol. The number of hydrogen-bond acceptors (Lipinski definition) is 5. The van der Waals surface area contributed by atoms with E-state index < -0.39 is 22.2 Å². The third-order valence-electron chi connectivity index (χ3n) is 2.64. The van der Waals surface area contributed by atoms with E-state index in [1.165, 1.54) is 14.2 Å². The van der Waals surface area contributed by atoms with E-state index in [9.17, 15) is 13.2 Å². The van der Waals surface area contributed by atoms with Crippen molar-refractivity contribution >= 4 is 16.2 Å². The number of carbonyl (C=O) groups is 1. The molecule has 0 saturated carbocycles. The summed E-state index contributed by atoms with van der Waals surface area (Å²) in [5, 5.41) is 9.05. The lowest BCUT2D eigenvalue weighted by molar-refractivity contribution is -0.140. The molecule has 0 heterocycles. The lowest BCUT2D eigenvalue weighted by Crippen LogP contribution is -2.51. The van der Waals surface area contributed by atoms with Gasteiger partial charge in [0.15, 0.2) is 0 Å². The van der Waals surface area contributed by atoms with Crippen molar-refractivity contribution in [3.63, 3.8) is 0 Å². The second-order valence-electron chi connectivity index (χ2n) is 4.57. The number of nitrogens with zero attached hydrogens (tertiary/aromatic N) is 1. The van der Waals surface area contributed by atoms with Gasteiger partial charge in [-0.25, -0.2) is 0 Å². The predicted octanol–water partition coefficient (Wildman–Crippen LogP) is -0.475. The maximum atomic E-state index is 12.2. The topological polar surface area (TPSA) is 105 Å². The summed E-state index contributed by atoms with van der Waals surface area (Å²) in [6, 6.07) is -1.17. The van der Waals surface area contributed by atoms with Crippen LogP contribution in [0.2, 0.25) is 0 Å². The molecule has 0 aliphatic heterocycles. The molecule has 0 aliphatic carbocycles. The summed E-state index contributed by atoms with van der Waals surface area (Å²) in [6.07, 6.45) is 0. The van der Waals surface area contributed by atoms with Crippen LogP contribution in [0.3, 0.4) is 0 Å². The SMILES string of the molecule is COCCN(CCOC)S(=O)(=O)NC(C(=O)O)C(C)C. The molecular weight excluding hydrogens is 288 g/mol. The standard InChI is InChI=1S/C11H24N2O6S/c1-9(2)10(11(14)15)12-20(16,17)13(5-7-18-3)6-8-19-4/h9-10,12H,5-8H2,1-4H3,(H,14,15). The third-order valence-corrected chi connectivity index (χ3v) is 4.23. The van der Waals surface area contributed by atoms with Gasteiger partial charge >= 0.3 is 5.97 Å². The first-order valence-corrected chi connectivity index (χ1v) is 7.68. The maximum absolute atomic E-state index is 12.2. The van der Waals surface area contributed by atoms with Crippen LogP contribution in [0.5, 0.6) is 0 Å². The number of nitrogens with one attached hydrogen (secondary N) is 1. The Kier molecular flexibility index (Phi) is 8.90. The van der Waals surface area contributed by atoms with E-state index >= 15 is 0 Å². The summed E-state index contributed by atoms with van der Waals surface area (Å²) in [5.41, 5.74) is 0. The third kappa shape index (κ3) is 6.62. The zero-order valence-electron chi connectivity index (χ0n) is 12.3. The molecular formula is C11H24N2O6S. The zero-order chi connectivity index (χ0) is 15.8. The van der Waals surface area contributed by atoms with Crippen LogP contribution in [0.25, 0.3) is 0 Å². The van der Waals surface area contributed by atoms with Crippen LogP contribution >= 0.6 is 0 Å². The number of hydrogen-bond donors (Lipinski definition) is 2. The van der Waals surface area contributed by atoms with E-state index in [2.05, 4.69) is 4.72 Å². The van der Waals surface area contributed by atoms with Gasteiger partial charge in [0.05, 0.1) is 13.2 Å². The van der Waals surface area contributed by atoms with Crippen molar-refractivity contribution in [1.82, 2.24) is 9.03 Å². The summed E-state index contributed by atoms with van der Waals surface area (Å²) in [5.74, 6) is -1.57. The van der Waals surface area contributed by atoms with Crippen LogP contribution in [0.4, 0.5) is 0 Å². The quantitative estimate of drug-likeness (QED) is 0.534. The van der Waals surface area contributed by atoms with Gasteiger partial charge in [0.25, 0.3) is 10.2 Å². The van der Waals surface area contributed by atoms with Gasteiger partial charge in [0, 0.05) is 27.3 Å². The van der Waals surface area contributed by atoms with E-state index in [1.54, 1.807) is 13.8 Å². The van der Waals surface area contributed by atoms with Gasteiger partial charge in [-0.2, -0.15) is 17.4 Å². The normalized spacial score (nSPS) is 13.9. The molecule has 0 aromatic heterocycles. The van der Waals surface area contributed by atoms with Gasteiger partial charge < -0.3 is 14.6 Å². The summed E-state index contributed by atoms with van der Waals surface area (Å²) < 4.78 is 37.4. The minimum absolute atomic E-state index is 0.125. The van der Waals surface area contributed by atoms with Gasteiger partial charge in [-0.1, -0.05) is 13.8 Å². The minimum Gasteiger partial charge on any atom is -0.480 e. The molecule has 0 spiro atoms. The van der Waals surface area contributed by atoms with Crippen molar-refractivity contribution in [1.29, 1.82) is 0 Å². The molecule has 0 radical (unpaired) electrons. The number of aliphatic carboxylic acids is 1. The second-order valence-corrected chi connectivity index (χ2v) is 6.27. The smallest absolute Gasteiger partial charge is 0.322 e. The van der Waals surface area contributed by atoms with Gasteiger partial charge in [0.1, 0.15) is 6.04 Å². The highest BCUT2D eigenvalue weighted by atomic mass is 32.2. The molecule has 0 saturated heterocycles. The largest absolute Gasteiger partial charge is 0.480 e. The van der Waals surface area contributed by atoms with Crippen LogP contribution in [-0.4, -0.2) is 70.4 Å². The number of methoxy groups -OCH3 is 2. The van der Waals surface area contributed by atoms with Crippen LogP contribution in [0, 0.1) is 5.92 Å². The Bertz CT molecular complexity index is 376. The minimum atomic E-state index is -3.91. The van der Waals surface area contributed by atoms with Gasteiger partial charge in [-0.05, 0) is 5.92 Å². The van der Waals surface area contributed by atoms with E-state index in [4.69, 9.17) is 14.6 Å². The number of carboxylic acids is 1. The number of carboxylic acid groups (broad SMARTS) is 1. The number of ether oxygens (including phenoxy) is 2. The Morgan fingerprint density at radius 2 is 1.65 bits per heavy atom. The van der Waals surface area contributed by atoms with Crippen molar-refractivity contribution in [3.05, 3.63) is 0 Å². The summed E-state index contributed by atoms with van der Waals surface area (Å²) in [6.45, 7) is 3.94. The Labute approximate surface area is 120 Å². The predicted molar refractivity (Wildman–Crippen MR) is 73.6 cm³/mol. The average Bonchev–Trinajstić information content (AvgIpc) is 2.35. The lowest BCUT2D eigenvalue weighted by atomic mass is 10.1. The molecule has 0 aliphatic rings. The zero-order valence-corrected chi connectivity index (χ0v) is 13.1. The molecule has 1 unspecified atom stereocenters. The summed E-state index contributed by atoms with van der Waals surface area (Å²) >= 11 is 0. The Morgan fingerprint density at radius 3 is 1.95 bits per heavy atom. The molecule has 0 aromatic carbocycles. The molecule has 120 valence electrons. The molecule has 0 aromatic rings. The summed E-state index contributed by atoms with van der Waals surface area (Å²) in [4.78, 5) is 11.1.